The first-order valence-corrected chi connectivity index (χ1v) is 12.9. The van der Waals surface area contributed by atoms with Crippen LogP contribution in [0.25, 0.3) is 20.8 Å². The summed E-state index contributed by atoms with van der Waals surface area (Å²) in [7, 11) is 1.66. The Morgan fingerprint density at radius 1 is 1.00 bits per heavy atom. The molecule has 6 rings (SSSR count). The molecule has 0 spiro atoms. The van der Waals surface area contributed by atoms with Crippen LogP contribution in [0.2, 0.25) is 0 Å². The molecule has 1 unspecified atom stereocenters. The standard InChI is InChI=1S/C28H25N5O3S/c1-35-22-10-11-23-24(17-22)37-27(30-23)20-8-5-9-21(16-20)28(34)33-14-12-32(13-15-33)25(26-31-29-18-36-26)19-6-3-2-4-7-19/h2-11,16-18,25H,12-15H2,1H3. The van der Waals surface area contributed by atoms with E-state index < -0.39 is 0 Å². The van der Waals surface area contributed by atoms with Crippen LogP contribution in [0.15, 0.2) is 83.6 Å². The first-order chi connectivity index (χ1) is 18.2. The minimum Gasteiger partial charge on any atom is -0.497 e. The van der Waals surface area contributed by atoms with E-state index in [1.165, 1.54) is 6.39 Å². The second kappa shape index (κ2) is 10.1. The number of nitrogens with zero attached hydrogens (tertiary/aromatic N) is 5. The number of methoxy groups -OCH3 is 1. The quantitative estimate of drug-likeness (QED) is 0.321. The van der Waals surface area contributed by atoms with Crippen molar-refractivity contribution in [2.45, 2.75) is 6.04 Å². The van der Waals surface area contributed by atoms with Crippen molar-refractivity contribution < 1.29 is 13.9 Å². The molecule has 37 heavy (non-hydrogen) atoms. The highest BCUT2D eigenvalue weighted by molar-refractivity contribution is 7.21. The summed E-state index contributed by atoms with van der Waals surface area (Å²) in [6.07, 6.45) is 1.36. The van der Waals surface area contributed by atoms with Gasteiger partial charge < -0.3 is 14.1 Å². The topological polar surface area (TPSA) is 84.6 Å². The highest BCUT2D eigenvalue weighted by Gasteiger charge is 2.31. The third-order valence-electron chi connectivity index (χ3n) is 6.64. The molecule has 3 aromatic carbocycles. The van der Waals surface area contributed by atoms with Crippen LogP contribution in [0.3, 0.4) is 0 Å². The molecule has 1 amide bonds. The van der Waals surface area contributed by atoms with Gasteiger partial charge >= 0.3 is 0 Å². The lowest BCUT2D eigenvalue weighted by molar-refractivity contribution is 0.0578. The number of thiazole rings is 1. The molecular weight excluding hydrogens is 486 g/mol. The molecule has 0 radical (unpaired) electrons. The van der Waals surface area contributed by atoms with E-state index in [-0.39, 0.29) is 11.9 Å². The maximum atomic E-state index is 13.4. The fourth-order valence-electron chi connectivity index (χ4n) is 4.75. The molecule has 1 atom stereocenters. The third-order valence-corrected chi connectivity index (χ3v) is 7.71. The van der Waals surface area contributed by atoms with Gasteiger partial charge in [-0.15, -0.1) is 21.5 Å². The molecule has 1 saturated heterocycles. The van der Waals surface area contributed by atoms with E-state index in [1.807, 2.05) is 65.6 Å². The Morgan fingerprint density at radius 2 is 1.84 bits per heavy atom. The average molecular weight is 512 g/mol. The van der Waals surface area contributed by atoms with E-state index in [0.29, 0.717) is 37.6 Å². The van der Waals surface area contributed by atoms with Gasteiger partial charge in [-0.2, -0.15) is 0 Å². The van der Waals surface area contributed by atoms with Crippen LogP contribution in [0.1, 0.15) is 27.9 Å². The van der Waals surface area contributed by atoms with Crippen molar-refractivity contribution in [1.29, 1.82) is 0 Å². The number of carbonyl (C=O) groups excluding carboxylic acids is 1. The van der Waals surface area contributed by atoms with Crippen LogP contribution in [-0.2, 0) is 0 Å². The second-order valence-corrected chi connectivity index (χ2v) is 9.88. The lowest BCUT2D eigenvalue weighted by Crippen LogP contribution is -2.50. The molecule has 0 N–H and O–H groups in total. The Labute approximate surface area is 218 Å². The predicted molar refractivity (Wildman–Crippen MR) is 142 cm³/mol. The number of rotatable bonds is 6. The molecule has 0 saturated carbocycles. The van der Waals surface area contributed by atoms with E-state index in [2.05, 4.69) is 27.2 Å². The normalized spacial score (nSPS) is 15.1. The fraction of sp³-hybridized carbons (Fsp3) is 0.214. The largest absolute Gasteiger partial charge is 0.497 e. The Balaban J connectivity index is 1.18. The summed E-state index contributed by atoms with van der Waals surface area (Å²) in [6, 6.07) is 23.6. The van der Waals surface area contributed by atoms with E-state index >= 15 is 0 Å². The molecule has 3 heterocycles. The zero-order valence-electron chi connectivity index (χ0n) is 20.3. The number of aromatic nitrogens is 3. The molecule has 8 nitrogen and oxygen atoms in total. The van der Waals surface area contributed by atoms with Crippen molar-refractivity contribution in [2.75, 3.05) is 33.3 Å². The number of piperazine rings is 1. The van der Waals surface area contributed by atoms with Gasteiger partial charge in [0.25, 0.3) is 5.91 Å². The highest BCUT2D eigenvalue weighted by Crippen LogP contribution is 2.33. The summed E-state index contributed by atoms with van der Waals surface area (Å²) in [5.41, 5.74) is 3.61. The summed E-state index contributed by atoms with van der Waals surface area (Å²) in [5.74, 6) is 1.39. The van der Waals surface area contributed by atoms with Crippen LogP contribution in [0.5, 0.6) is 5.75 Å². The summed E-state index contributed by atoms with van der Waals surface area (Å²) >= 11 is 1.59. The van der Waals surface area contributed by atoms with E-state index in [1.54, 1.807) is 18.4 Å². The van der Waals surface area contributed by atoms with Gasteiger partial charge in [-0.1, -0.05) is 42.5 Å². The van der Waals surface area contributed by atoms with Gasteiger partial charge in [-0.3, -0.25) is 9.69 Å². The van der Waals surface area contributed by atoms with E-state index in [4.69, 9.17) is 14.1 Å². The van der Waals surface area contributed by atoms with Gasteiger partial charge in [0.15, 0.2) is 0 Å². The van der Waals surface area contributed by atoms with Crippen molar-refractivity contribution in [2.24, 2.45) is 0 Å². The maximum absolute atomic E-state index is 13.4. The van der Waals surface area contributed by atoms with Crippen molar-refractivity contribution in [3.8, 4) is 16.3 Å². The molecule has 1 aliphatic heterocycles. The fourth-order valence-corrected chi connectivity index (χ4v) is 5.74. The first-order valence-electron chi connectivity index (χ1n) is 12.1. The predicted octanol–water partition coefficient (Wildman–Crippen LogP) is 4.90. The SMILES string of the molecule is COc1ccc2nc(-c3cccc(C(=O)N4CCN(C(c5ccccc5)c5nnco5)CC4)c3)sc2c1. The van der Waals surface area contributed by atoms with Gasteiger partial charge in [0.05, 0.1) is 17.3 Å². The van der Waals surface area contributed by atoms with Crippen LogP contribution in [0.4, 0.5) is 0 Å². The monoisotopic (exact) mass is 511 g/mol. The van der Waals surface area contributed by atoms with Crippen molar-refractivity contribution in [3.05, 3.63) is 96.2 Å². The summed E-state index contributed by atoms with van der Waals surface area (Å²) in [5, 5.41) is 8.95. The number of hydrogen-bond acceptors (Lipinski definition) is 8. The minimum absolute atomic E-state index is 0.0262. The smallest absolute Gasteiger partial charge is 0.253 e. The van der Waals surface area contributed by atoms with Crippen molar-refractivity contribution in [3.63, 3.8) is 0 Å². The molecule has 0 aliphatic carbocycles. The molecule has 1 fully saturated rings. The van der Waals surface area contributed by atoms with Gasteiger partial charge in [0.1, 0.15) is 16.8 Å². The minimum atomic E-state index is -0.137. The zero-order valence-corrected chi connectivity index (χ0v) is 21.1. The molecule has 0 bridgehead atoms. The third kappa shape index (κ3) is 4.71. The van der Waals surface area contributed by atoms with Crippen LogP contribution >= 0.6 is 11.3 Å². The lowest BCUT2D eigenvalue weighted by Gasteiger charge is -2.38. The van der Waals surface area contributed by atoms with Crippen molar-refractivity contribution >= 4 is 27.5 Å². The first kappa shape index (κ1) is 23.3. The number of amides is 1. The van der Waals surface area contributed by atoms with E-state index in [0.717, 1.165) is 32.1 Å². The van der Waals surface area contributed by atoms with Crippen LogP contribution in [-0.4, -0.2) is 64.2 Å². The molecule has 9 heteroatoms. The number of ether oxygens (including phenoxy) is 1. The Kier molecular flexibility index (Phi) is 6.38. The number of carbonyl (C=O) groups is 1. The number of fused-ring (bicyclic) bond motifs is 1. The van der Waals surface area contributed by atoms with Crippen molar-refractivity contribution in [1.82, 2.24) is 25.0 Å². The Bertz CT molecular complexity index is 1510. The zero-order chi connectivity index (χ0) is 25.2. The van der Waals surface area contributed by atoms with Gasteiger partial charge in [-0.05, 0) is 35.9 Å². The second-order valence-electron chi connectivity index (χ2n) is 8.85. The van der Waals surface area contributed by atoms with Gasteiger partial charge in [0.2, 0.25) is 12.3 Å². The molecule has 186 valence electrons. The average Bonchev–Trinajstić information content (AvgIpc) is 3.64. The lowest BCUT2D eigenvalue weighted by atomic mass is 10.0. The maximum Gasteiger partial charge on any atom is 0.253 e. The van der Waals surface area contributed by atoms with Crippen LogP contribution < -0.4 is 4.74 Å². The number of hydrogen-bond donors (Lipinski definition) is 0. The van der Waals surface area contributed by atoms with Gasteiger partial charge in [0, 0.05) is 37.3 Å². The van der Waals surface area contributed by atoms with E-state index in [9.17, 15) is 4.79 Å². The highest BCUT2D eigenvalue weighted by atomic mass is 32.1. The Morgan fingerprint density at radius 3 is 2.59 bits per heavy atom. The molecular formula is C28H25N5O3S. The van der Waals surface area contributed by atoms with Gasteiger partial charge in [-0.25, -0.2) is 4.98 Å². The molecule has 5 aromatic rings. The van der Waals surface area contributed by atoms with Crippen LogP contribution in [0, 0.1) is 0 Å². The molecule has 1 aliphatic rings. The summed E-state index contributed by atoms with van der Waals surface area (Å²) < 4.78 is 12.0. The Hall–Kier alpha value is -4.08. The summed E-state index contributed by atoms with van der Waals surface area (Å²) in [6.45, 7) is 2.63. The molecule has 2 aromatic heterocycles. The summed E-state index contributed by atoms with van der Waals surface area (Å²) in [4.78, 5) is 22.4. The number of benzene rings is 3.